The highest BCUT2D eigenvalue weighted by Gasteiger charge is 2.43. The topological polar surface area (TPSA) is 98.8 Å². The van der Waals surface area contributed by atoms with Crippen LogP contribution in [-0.4, -0.2) is 60.8 Å². The first-order valence-electron chi connectivity index (χ1n) is 9.11. The van der Waals surface area contributed by atoms with Gasteiger partial charge in [-0.2, -0.15) is 0 Å². The highest BCUT2D eigenvalue weighted by Crippen LogP contribution is 2.49. The van der Waals surface area contributed by atoms with Crippen LogP contribution in [0.1, 0.15) is 5.56 Å². The lowest BCUT2D eigenvalue weighted by atomic mass is 9.83. The Bertz CT molecular complexity index is 942. The molecule has 0 radical (unpaired) electrons. The molecule has 3 rings (SSSR count). The zero-order valence-electron chi connectivity index (χ0n) is 17.7. The molecule has 0 fully saturated rings. The van der Waals surface area contributed by atoms with Gasteiger partial charge in [0.2, 0.25) is 28.8 Å². The van der Waals surface area contributed by atoms with Crippen LogP contribution < -0.4 is 18.9 Å². The molecule has 1 heterocycles. The number of carbonyl (C=O) groups excluding carboxylic acids is 2. The lowest BCUT2D eigenvalue weighted by molar-refractivity contribution is -0.124. The Morgan fingerprint density at radius 1 is 0.767 bits per heavy atom. The smallest absolute Gasteiger partial charge is 0.266 e. The molecule has 9 heteroatoms. The van der Waals surface area contributed by atoms with E-state index < -0.39 is 17.5 Å². The van der Waals surface area contributed by atoms with Gasteiger partial charge in [-0.15, -0.1) is 0 Å². The van der Waals surface area contributed by atoms with E-state index in [1.165, 1.54) is 42.7 Å². The lowest BCUT2D eigenvalue weighted by Gasteiger charge is -2.31. The van der Waals surface area contributed by atoms with Crippen LogP contribution in [0.15, 0.2) is 28.9 Å². The van der Waals surface area contributed by atoms with Gasteiger partial charge in [0.05, 0.1) is 54.8 Å². The zero-order chi connectivity index (χ0) is 22.0. The molecule has 1 aliphatic carbocycles. The molecule has 0 N–H and O–H groups in total. The molecule has 0 aromatic heterocycles. The molecule has 162 valence electrons. The van der Waals surface area contributed by atoms with Crippen molar-refractivity contribution in [2.24, 2.45) is 5.92 Å². The van der Waals surface area contributed by atoms with E-state index in [0.29, 0.717) is 29.4 Å². The number of fused-ring (bicyclic) bond motifs is 1. The van der Waals surface area contributed by atoms with Crippen molar-refractivity contribution in [3.63, 3.8) is 0 Å². The molecule has 30 heavy (non-hydrogen) atoms. The minimum Gasteiger partial charge on any atom is -0.493 e. The summed E-state index contributed by atoms with van der Waals surface area (Å²) < 4.78 is 37.8. The van der Waals surface area contributed by atoms with E-state index in [-0.39, 0.29) is 29.5 Å². The predicted molar refractivity (Wildman–Crippen MR) is 104 cm³/mol. The first kappa shape index (κ1) is 21.4. The number of hydrogen-bond acceptors (Lipinski definition) is 9. The molecule has 1 aromatic rings. The summed E-state index contributed by atoms with van der Waals surface area (Å²) in [4.78, 5) is 25.9. The van der Waals surface area contributed by atoms with Gasteiger partial charge in [0.1, 0.15) is 0 Å². The standard InChI is InChI=1S/C21H24O9/c1-24-12-8-10-7-11(9-30-16(10)21(29-6)17(12)25-2)13-14(22)19(27-4)20(28-5)15(23)18(13)26-3/h8,11H,7,9H2,1-6H3/t11-/m1/s1. The van der Waals surface area contributed by atoms with E-state index >= 15 is 0 Å². The molecule has 2 aliphatic rings. The van der Waals surface area contributed by atoms with Gasteiger partial charge in [0.25, 0.3) is 5.78 Å². The summed E-state index contributed by atoms with van der Waals surface area (Å²) in [6.45, 7) is 0.124. The van der Waals surface area contributed by atoms with Crippen LogP contribution >= 0.6 is 0 Å². The van der Waals surface area contributed by atoms with Gasteiger partial charge in [-0.1, -0.05) is 0 Å². The van der Waals surface area contributed by atoms with Crippen molar-refractivity contribution in [3.05, 3.63) is 34.5 Å². The summed E-state index contributed by atoms with van der Waals surface area (Å²) in [5.41, 5.74) is 0.920. The van der Waals surface area contributed by atoms with Gasteiger partial charge in [0.15, 0.2) is 17.3 Å². The fraction of sp³-hybridized carbons (Fsp3) is 0.429. The van der Waals surface area contributed by atoms with E-state index in [4.69, 9.17) is 33.2 Å². The summed E-state index contributed by atoms with van der Waals surface area (Å²) >= 11 is 0. The van der Waals surface area contributed by atoms with Crippen LogP contribution in [0.3, 0.4) is 0 Å². The molecular weight excluding hydrogens is 396 g/mol. The predicted octanol–water partition coefficient (Wildman–Crippen LogP) is 1.82. The summed E-state index contributed by atoms with van der Waals surface area (Å²) in [5, 5.41) is 0. The summed E-state index contributed by atoms with van der Waals surface area (Å²) in [5.74, 6) is -0.148. The molecule has 0 spiro atoms. The quantitative estimate of drug-likeness (QED) is 0.612. The molecule has 0 unspecified atom stereocenters. The Morgan fingerprint density at radius 3 is 1.90 bits per heavy atom. The Kier molecular flexibility index (Phi) is 6.09. The maximum Gasteiger partial charge on any atom is 0.266 e. The third-order valence-corrected chi connectivity index (χ3v) is 5.09. The van der Waals surface area contributed by atoms with Crippen molar-refractivity contribution < 1.29 is 42.7 Å². The molecular formula is C21H24O9. The molecule has 1 aliphatic heterocycles. The first-order chi connectivity index (χ1) is 14.5. The van der Waals surface area contributed by atoms with E-state index in [9.17, 15) is 9.59 Å². The molecule has 1 aromatic carbocycles. The third kappa shape index (κ3) is 3.20. The van der Waals surface area contributed by atoms with Crippen molar-refractivity contribution in [2.45, 2.75) is 6.42 Å². The Balaban J connectivity index is 2.08. The van der Waals surface area contributed by atoms with E-state index in [2.05, 4.69) is 0 Å². The van der Waals surface area contributed by atoms with Gasteiger partial charge >= 0.3 is 0 Å². The van der Waals surface area contributed by atoms with E-state index in [1.807, 2.05) is 0 Å². The Labute approximate surface area is 174 Å². The highest BCUT2D eigenvalue weighted by molar-refractivity contribution is 6.23. The first-order valence-corrected chi connectivity index (χ1v) is 9.11. The normalized spacial score (nSPS) is 18.5. The Hall–Kier alpha value is -3.36. The lowest BCUT2D eigenvalue weighted by Crippen LogP contribution is -2.34. The minimum atomic E-state index is -0.554. The third-order valence-electron chi connectivity index (χ3n) is 5.09. The van der Waals surface area contributed by atoms with Crippen molar-refractivity contribution in [1.82, 2.24) is 0 Å². The average Bonchev–Trinajstić information content (AvgIpc) is 2.77. The van der Waals surface area contributed by atoms with Gasteiger partial charge in [-0.3, -0.25) is 9.59 Å². The largest absolute Gasteiger partial charge is 0.493 e. The van der Waals surface area contributed by atoms with Crippen LogP contribution in [0.25, 0.3) is 0 Å². The van der Waals surface area contributed by atoms with E-state index in [1.54, 1.807) is 6.07 Å². The molecule has 1 atom stereocenters. The number of ketones is 2. The van der Waals surface area contributed by atoms with Gasteiger partial charge < -0.3 is 33.2 Å². The van der Waals surface area contributed by atoms with Crippen molar-refractivity contribution in [2.75, 3.05) is 49.3 Å². The maximum atomic E-state index is 13.1. The second kappa shape index (κ2) is 8.56. The number of methoxy groups -OCH3 is 6. The average molecular weight is 420 g/mol. The summed E-state index contributed by atoms with van der Waals surface area (Å²) in [6, 6.07) is 1.76. The number of allylic oxidation sites excluding steroid dienone is 1. The van der Waals surface area contributed by atoms with Crippen molar-refractivity contribution >= 4 is 11.6 Å². The summed E-state index contributed by atoms with van der Waals surface area (Å²) in [6.07, 6.45) is 0.382. The fourth-order valence-corrected chi connectivity index (χ4v) is 3.79. The molecule has 0 bridgehead atoms. The van der Waals surface area contributed by atoms with E-state index in [0.717, 1.165) is 5.56 Å². The second-order valence-corrected chi connectivity index (χ2v) is 6.52. The highest BCUT2D eigenvalue weighted by atomic mass is 16.5. The maximum absolute atomic E-state index is 13.1. The monoisotopic (exact) mass is 420 g/mol. The van der Waals surface area contributed by atoms with Crippen LogP contribution in [0.2, 0.25) is 0 Å². The molecule has 0 saturated heterocycles. The number of Topliss-reactive ketones (excluding diaryl/α,β-unsaturated/α-hetero) is 2. The van der Waals surface area contributed by atoms with Crippen LogP contribution in [0.5, 0.6) is 23.0 Å². The van der Waals surface area contributed by atoms with Crippen molar-refractivity contribution in [3.8, 4) is 23.0 Å². The van der Waals surface area contributed by atoms with Crippen LogP contribution in [0, 0.1) is 5.92 Å². The van der Waals surface area contributed by atoms with Crippen LogP contribution in [-0.2, 0) is 30.2 Å². The molecule has 0 saturated carbocycles. The minimum absolute atomic E-state index is 0.0814. The zero-order valence-corrected chi connectivity index (χ0v) is 17.7. The number of ether oxygens (including phenoxy) is 7. The second-order valence-electron chi connectivity index (χ2n) is 6.52. The number of rotatable bonds is 7. The fourth-order valence-electron chi connectivity index (χ4n) is 3.79. The van der Waals surface area contributed by atoms with Crippen LogP contribution in [0.4, 0.5) is 0 Å². The SMILES string of the molecule is COC1=C(OC)C(=O)C([C@H]2COc3c(cc(OC)c(OC)c3OC)C2)=C(OC)C1=O. The molecule has 9 nitrogen and oxygen atoms in total. The number of carbonyl (C=O) groups is 2. The Morgan fingerprint density at radius 2 is 1.37 bits per heavy atom. The van der Waals surface area contributed by atoms with Gasteiger partial charge in [-0.25, -0.2) is 0 Å². The number of hydrogen-bond donors (Lipinski definition) is 0. The van der Waals surface area contributed by atoms with Crippen molar-refractivity contribution in [1.29, 1.82) is 0 Å². The summed E-state index contributed by atoms with van der Waals surface area (Å²) in [7, 11) is 8.46. The van der Waals surface area contributed by atoms with Gasteiger partial charge in [-0.05, 0) is 12.5 Å². The van der Waals surface area contributed by atoms with Gasteiger partial charge in [0, 0.05) is 11.5 Å². The number of benzene rings is 1. The molecule has 0 amide bonds.